The smallest absolute Gasteiger partial charge is 0.261 e. The van der Waals surface area contributed by atoms with Gasteiger partial charge in [0, 0.05) is 28.5 Å². The van der Waals surface area contributed by atoms with E-state index in [9.17, 15) is 4.79 Å². The molecule has 2 aromatic heterocycles. The van der Waals surface area contributed by atoms with Crippen LogP contribution in [-0.2, 0) is 12.8 Å². The molecule has 114 valence electrons. The van der Waals surface area contributed by atoms with Gasteiger partial charge in [0.05, 0.1) is 4.88 Å². The van der Waals surface area contributed by atoms with Crippen LogP contribution in [0.2, 0.25) is 0 Å². The second-order valence-corrected chi connectivity index (χ2v) is 6.57. The van der Waals surface area contributed by atoms with Gasteiger partial charge in [-0.15, -0.1) is 11.3 Å². The minimum Gasteiger partial charge on any atom is -0.361 e. The first-order valence-electron chi connectivity index (χ1n) is 7.61. The number of fused-ring (bicyclic) bond motifs is 1. The summed E-state index contributed by atoms with van der Waals surface area (Å²) in [7, 11) is 0. The zero-order chi connectivity index (χ0) is 15.5. The maximum absolute atomic E-state index is 12.2. The lowest BCUT2D eigenvalue weighted by Gasteiger charge is -2.03. The highest BCUT2D eigenvalue weighted by molar-refractivity contribution is 7.14. The Balaban J connectivity index is 1.61. The van der Waals surface area contributed by atoms with Crippen molar-refractivity contribution >= 4 is 28.1 Å². The van der Waals surface area contributed by atoms with Crippen LogP contribution < -0.4 is 5.32 Å². The maximum Gasteiger partial charge on any atom is 0.261 e. The van der Waals surface area contributed by atoms with Crippen molar-refractivity contribution in [2.45, 2.75) is 26.7 Å². The Morgan fingerprint density at radius 2 is 2.14 bits per heavy atom. The van der Waals surface area contributed by atoms with Crippen LogP contribution in [0, 0.1) is 6.92 Å². The van der Waals surface area contributed by atoms with Crippen molar-refractivity contribution in [2.75, 3.05) is 6.54 Å². The molecule has 0 unspecified atom stereocenters. The molecular formula is C18H20N2OS. The van der Waals surface area contributed by atoms with Gasteiger partial charge >= 0.3 is 0 Å². The van der Waals surface area contributed by atoms with Gasteiger partial charge in [-0.3, -0.25) is 4.79 Å². The third-order valence-electron chi connectivity index (χ3n) is 3.92. The van der Waals surface area contributed by atoms with Gasteiger partial charge in [-0.1, -0.05) is 25.1 Å². The first-order valence-corrected chi connectivity index (χ1v) is 8.43. The number of H-pyrrole nitrogens is 1. The predicted molar refractivity (Wildman–Crippen MR) is 92.8 cm³/mol. The number of carbonyl (C=O) groups is 1. The van der Waals surface area contributed by atoms with E-state index in [-0.39, 0.29) is 5.91 Å². The van der Waals surface area contributed by atoms with Crippen LogP contribution in [0.25, 0.3) is 10.9 Å². The van der Waals surface area contributed by atoms with E-state index in [1.54, 1.807) is 11.3 Å². The Morgan fingerprint density at radius 1 is 1.32 bits per heavy atom. The summed E-state index contributed by atoms with van der Waals surface area (Å²) in [6.45, 7) is 4.84. The molecule has 0 atom stereocenters. The normalized spacial score (nSPS) is 11.0. The van der Waals surface area contributed by atoms with Crippen LogP contribution in [-0.4, -0.2) is 17.4 Å². The monoisotopic (exact) mass is 312 g/mol. The van der Waals surface area contributed by atoms with E-state index < -0.39 is 0 Å². The fraction of sp³-hybridized carbons (Fsp3) is 0.278. The molecule has 4 heteroatoms. The topological polar surface area (TPSA) is 44.9 Å². The average Bonchev–Trinajstić information content (AvgIpc) is 3.11. The SMILES string of the molecule is CCc1sc(C(=O)NCCc2c[nH]c3ccccc23)cc1C. The first kappa shape index (κ1) is 14.9. The fourth-order valence-electron chi connectivity index (χ4n) is 2.72. The summed E-state index contributed by atoms with van der Waals surface area (Å²) in [5.41, 5.74) is 3.60. The molecule has 1 amide bonds. The van der Waals surface area contributed by atoms with E-state index in [1.165, 1.54) is 21.4 Å². The van der Waals surface area contributed by atoms with Gasteiger partial charge in [-0.25, -0.2) is 0 Å². The molecule has 0 aliphatic carbocycles. The number of hydrogen-bond acceptors (Lipinski definition) is 2. The molecule has 0 aliphatic heterocycles. The Labute approximate surface area is 134 Å². The number of para-hydroxylation sites is 1. The van der Waals surface area contributed by atoms with Crippen molar-refractivity contribution in [3.63, 3.8) is 0 Å². The number of nitrogens with one attached hydrogen (secondary N) is 2. The zero-order valence-electron chi connectivity index (χ0n) is 12.9. The van der Waals surface area contributed by atoms with Gasteiger partial charge in [-0.2, -0.15) is 0 Å². The summed E-state index contributed by atoms with van der Waals surface area (Å²) in [6, 6.07) is 10.2. The second-order valence-electron chi connectivity index (χ2n) is 5.44. The highest BCUT2D eigenvalue weighted by Gasteiger charge is 2.11. The van der Waals surface area contributed by atoms with Crippen molar-refractivity contribution in [3.8, 4) is 0 Å². The van der Waals surface area contributed by atoms with Crippen molar-refractivity contribution in [2.24, 2.45) is 0 Å². The van der Waals surface area contributed by atoms with Gasteiger partial charge in [0.2, 0.25) is 0 Å². The number of aromatic nitrogens is 1. The van der Waals surface area contributed by atoms with Gasteiger partial charge < -0.3 is 10.3 Å². The minimum absolute atomic E-state index is 0.0349. The zero-order valence-corrected chi connectivity index (χ0v) is 13.7. The minimum atomic E-state index is 0.0349. The Morgan fingerprint density at radius 3 is 2.91 bits per heavy atom. The maximum atomic E-state index is 12.2. The summed E-state index contributed by atoms with van der Waals surface area (Å²) >= 11 is 1.60. The number of hydrogen-bond donors (Lipinski definition) is 2. The lowest BCUT2D eigenvalue weighted by molar-refractivity contribution is 0.0958. The molecule has 3 aromatic rings. The molecule has 22 heavy (non-hydrogen) atoms. The Hall–Kier alpha value is -2.07. The molecule has 0 saturated carbocycles. The second kappa shape index (κ2) is 6.36. The molecule has 0 radical (unpaired) electrons. The number of aromatic amines is 1. The van der Waals surface area contributed by atoms with E-state index in [2.05, 4.69) is 36.3 Å². The first-order chi connectivity index (χ1) is 10.7. The molecule has 0 bridgehead atoms. The van der Waals surface area contributed by atoms with E-state index in [4.69, 9.17) is 0 Å². The predicted octanol–water partition coefficient (Wildman–Crippen LogP) is 4.07. The van der Waals surface area contributed by atoms with Crippen LogP contribution in [0.3, 0.4) is 0 Å². The average molecular weight is 312 g/mol. The Kier molecular flexibility index (Phi) is 4.29. The van der Waals surface area contributed by atoms with E-state index in [0.29, 0.717) is 6.54 Å². The van der Waals surface area contributed by atoms with Gasteiger partial charge in [0.15, 0.2) is 0 Å². The number of thiophene rings is 1. The highest BCUT2D eigenvalue weighted by atomic mass is 32.1. The third kappa shape index (κ3) is 2.92. The van der Waals surface area contributed by atoms with Crippen LogP contribution >= 0.6 is 11.3 Å². The quantitative estimate of drug-likeness (QED) is 0.733. The highest BCUT2D eigenvalue weighted by Crippen LogP contribution is 2.22. The molecule has 2 heterocycles. The fourth-order valence-corrected chi connectivity index (χ4v) is 3.75. The number of rotatable bonds is 5. The number of amides is 1. The lowest BCUT2D eigenvalue weighted by Crippen LogP contribution is -2.24. The van der Waals surface area contributed by atoms with Crippen LogP contribution in [0.15, 0.2) is 36.5 Å². The van der Waals surface area contributed by atoms with E-state index in [1.807, 2.05) is 24.4 Å². The van der Waals surface area contributed by atoms with Crippen molar-refractivity contribution in [1.82, 2.24) is 10.3 Å². The molecule has 3 rings (SSSR count). The van der Waals surface area contributed by atoms with Gasteiger partial charge in [-0.05, 0) is 43.0 Å². The van der Waals surface area contributed by atoms with Crippen LogP contribution in [0.1, 0.15) is 32.6 Å². The molecule has 0 aliphatic rings. The van der Waals surface area contributed by atoms with Crippen molar-refractivity contribution in [3.05, 3.63) is 57.4 Å². The summed E-state index contributed by atoms with van der Waals surface area (Å²) < 4.78 is 0. The largest absolute Gasteiger partial charge is 0.361 e. The summed E-state index contributed by atoms with van der Waals surface area (Å²) in [5.74, 6) is 0.0349. The molecule has 1 aromatic carbocycles. The van der Waals surface area contributed by atoms with E-state index in [0.717, 1.165) is 23.2 Å². The lowest BCUT2D eigenvalue weighted by atomic mass is 10.1. The number of benzene rings is 1. The summed E-state index contributed by atoms with van der Waals surface area (Å²) in [5, 5.41) is 4.26. The third-order valence-corrected chi connectivity index (χ3v) is 5.30. The molecule has 2 N–H and O–H groups in total. The standard InChI is InChI=1S/C18H20N2OS/c1-3-16-12(2)10-17(22-16)18(21)19-9-8-13-11-20-15-7-5-4-6-14(13)15/h4-7,10-11,20H,3,8-9H2,1-2H3,(H,19,21). The molecule has 0 spiro atoms. The van der Waals surface area contributed by atoms with Crippen LogP contribution in [0.5, 0.6) is 0 Å². The Bertz CT molecular complexity index is 800. The molecule has 0 fully saturated rings. The number of aryl methyl sites for hydroxylation is 2. The van der Waals surface area contributed by atoms with Crippen LogP contribution in [0.4, 0.5) is 0 Å². The summed E-state index contributed by atoms with van der Waals surface area (Å²) in [4.78, 5) is 17.6. The number of carbonyl (C=O) groups excluding carboxylic acids is 1. The van der Waals surface area contributed by atoms with Gasteiger partial charge in [0.25, 0.3) is 5.91 Å². The van der Waals surface area contributed by atoms with Crippen molar-refractivity contribution in [1.29, 1.82) is 0 Å². The molecule has 0 saturated heterocycles. The molecular weight excluding hydrogens is 292 g/mol. The van der Waals surface area contributed by atoms with Crippen molar-refractivity contribution < 1.29 is 4.79 Å². The van der Waals surface area contributed by atoms with Gasteiger partial charge in [0.1, 0.15) is 0 Å². The van der Waals surface area contributed by atoms with E-state index >= 15 is 0 Å². The molecule has 3 nitrogen and oxygen atoms in total. The summed E-state index contributed by atoms with van der Waals surface area (Å²) in [6.07, 6.45) is 3.85.